The van der Waals surface area contributed by atoms with Crippen LogP contribution in [-0.4, -0.2) is 0 Å². The van der Waals surface area contributed by atoms with Gasteiger partial charge in [0, 0.05) is 16.3 Å². The number of hydrogen-bond acceptors (Lipinski definition) is 2. The summed E-state index contributed by atoms with van der Waals surface area (Å²) >= 11 is 3.00. The minimum absolute atomic E-state index is 0.475. The Morgan fingerprint density at radius 1 is 1.56 bits per heavy atom. The maximum atomic E-state index is 11.8. The SMILES string of the molecule is C/C(N)=C(Br)/C=C(\N)F. The molecule has 2 nitrogen and oxygen atoms in total. The lowest BCUT2D eigenvalue weighted by Crippen LogP contribution is -1.94. The average Bonchev–Trinajstić information content (AvgIpc) is 1.63. The third-order valence-corrected chi connectivity index (χ3v) is 1.50. The number of nitrogens with two attached hydrogens (primary N) is 2. The Labute approximate surface area is 61.5 Å². The Morgan fingerprint density at radius 2 is 2.00 bits per heavy atom. The van der Waals surface area contributed by atoms with Gasteiger partial charge in [0.25, 0.3) is 0 Å². The van der Waals surface area contributed by atoms with Gasteiger partial charge in [-0.15, -0.1) is 0 Å². The quantitative estimate of drug-likeness (QED) is 0.490. The number of halogens is 2. The highest BCUT2D eigenvalue weighted by molar-refractivity contribution is 9.11. The zero-order valence-electron chi connectivity index (χ0n) is 4.99. The largest absolute Gasteiger partial charge is 0.401 e. The molecule has 0 aromatic carbocycles. The van der Waals surface area contributed by atoms with Gasteiger partial charge in [-0.05, 0) is 22.9 Å². The third kappa shape index (κ3) is 4.02. The van der Waals surface area contributed by atoms with Crippen LogP contribution in [0.3, 0.4) is 0 Å². The summed E-state index contributed by atoms with van der Waals surface area (Å²) < 4.78 is 12.3. The van der Waals surface area contributed by atoms with E-state index in [-0.39, 0.29) is 0 Å². The lowest BCUT2D eigenvalue weighted by atomic mass is 10.4. The van der Waals surface area contributed by atoms with Crippen molar-refractivity contribution >= 4 is 15.9 Å². The molecule has 9 heavy (non-hydrogen) atoms. The molecule has 0 aromatic heterocycles. The molecule has 0 fully saturated rings. The summed E-state index contributed by atoms with van der Waals surface area (Å²) in [6, 6.07) is 0. The van der Waals surface area contributed by atoms with Crippen LogP contribution in [0.1, 0.15) is 6.92 Å². The van der Waals surface area contributed by atoms with E-state index < -0.39 is 5.95 Å². The van der Waals surface area contributed by atoms with E-state index in [0.29, 0.717) is 10.2 Å². The molecule has 0 aliphatic heterocycles. The van der Waals surface area contributed by atoms with Crippen molar-refractivity contribution in [1.82, 2.24) is 0 Å². The number of allylic oxidation sites excluding steroid dienone is 3. The van der Waals surface area contributed by atoms with Crippen LogP contribution in [0.25, 0.3) is 0 Å². The summed E-state index contributed by atoms with van der Waals surface area (Å²) in [5.74, 6) is -0.758. The van der Waals surface area contributed by atoms with Gasteiger partial charge in [0.05, 0.1) is 0 Å². The topological polar surface area (TPSA) is 52.0 Å². The second-order valence-electron chi connectivity index (χ2n) is 1.56. The zero-order chi connectivity index (χ0) is 7.44. The van der Waals surface area contributed by atoms with Crippen LogP contribution in [0.5, 0.6) is 0 Å². The molecule has 0 rings (SSSR count). The first-order chi connectivity index (χ1) is 4.04. The van der Waals surface area contributed by atoms with E-state index in [0.717, 1.165) is 6.08 Å². The Kier molecular flexibility index (Phi) is 3.30. The van der Waals surface area contributed by atoms with Gasteiger partial charge in [-0.1, -0.05) is 0 Å². The molecule has 0 radical (unpaired) electrons. The molecule has 0 aliphatic carbocycles. The van der Waals surface area contributed by atoms with Gasteiger partial charge in [0.1, 0.15) is 0 Å². The third-order valence-electron chi connectivity index (χ3n) is 0.641. The van der Waals surface area contributed by atoms with Crippen molar-refractivity contribution in [3.63, 3.8) is 0 Å². The molecule has 0 aromatic rings. The van der Waals surface area contributed by atoms with Gasteiger partial charge in [-0.25, -0.2) is 0 Å². The molecule has 4 N–H and O–H groups in total. The maximum Gasteiger partial charge on any atom is 0.185 e. The van der Waals surface area contributed by atoms with Gasteiger partial charge in [0.15, 0.2) is 5.95 Å². The fourth-order valence-electron chi connectivity index (χ4n) is 0.235. The Morgan fingerprint density at radius 3 is 2.11 bits per heavy atom. The highest BCUT2D eigenvalue weighted by Crippen LogP contribution is 2.10. The second kappa shape index (κ2) is 3.50. The number of hydrogen-bond donors (Lipinski definition) is 2. The lowest BCUT2D eigenvalue weighted by molar-refractivity contribution is 0.627. The van der Waals surface area contributed by atoms with Crippen LogP contribution in [-0.2, 0) is 0 Å². The van der Waals surface area contributed by atoms with Crippen molar-refractivity contribution in [3.05, 3.63) is 22.2 Å². The van der Waals surface area contributed by atoms with Crippen LogP contribution in [0.4, 0.5) is 4.39 Å². The molecular formula is C5H8BrFN2. The van der Waals surface area contributed by atoms with E-state index in [2.05, 4.69) is 15.9 Å². The second-order valence-corrected chi connectivity index (χ2v) is 2.41. The standard InChI is InChI=1S/C5H8BrFN2/c1-3(8)4(6)2-5(7)9/h2H,8-9H2,1H3/b4-3+,5-2-. The molecular weight excluding hydrogens is 187 g/mol. The molecule has 0 unspecified atom stereocenters. The van der Waals surface area contributed by atoms with E-state index in [1.54, 1.807) is 6.92 Å². The predicted octanol–water partition coefficient (Wildman–Crippen LogP) is 1.34. The summed E-state index contributed by atoms with van der Waals surface area (Å²) in [4.78, 5) is 0. The molecule has 0 saturated carbocycles. The van der Waals surface area contributed by atoms with Crippen molar-refractivity contribution < 1.29 is 4.39 Å². The van der Waals surface area contributed by atoms with Crippen LogP contribution in [0, 0.1) is 0 Å². The van der Waals surface area contributed by atoms with Crippen molar-refractivity contribution in [1.29, 1.82) is 0 Å². The fraction of sp³-hybridized carbons (Fsp3) is 0.200. The molecule has 0 heterocycles. The van der Waals surface area contributed by atoms with Crippen molar-refractivity contribution in [2.75, 3.05) is 0 Å². The minimum atomic E-state index is -0.758. The minimum Gasteiger partial charge on any atom is -0.401 e. The molecule has 4 heteroatoms. The van der Waals surface area contributed by atoms with Gasteiger partial charge in [-0.3, -0.25) is 0 Å². The normalized spacial score (nSPS) is 15.2. The summed E-state index contributed by atoms with van der Waals surface area (Å²) in [5.41, 5.74) is 10.5. The van der Waals surface area contributed by atoms with E-state index in [1.807, 2.05) is 0 Å². The smallest absolute Gasteiger partial charge is 0.185 e. The van der Waals surface area contributed by atoms with Crippen LogP contribution < -0.4 is 11.5 Å². The highest BCUT2D eigenvalue weighted by atomic mass is 79.9. The fourth-order valence-corrected chi connectivity index (χ4v) is 0.454. The molecule has 0 spiro atoms. The summed E-state index contributed by atoms with van der Waals surface area (Å²) in [6.07, 6.45) is 1.11. The lowest BCUT2D eigenvalue weighted by Gasteiger charge is -1.91. The van der Waals surface area contributed by atoms with Crippen molar-refractivity contribution in [2.24, 2.45) is 11.5 Å². The zero-order valence-corrected chi connectivity index (χ0v) is 6.57. The monoisotopic (exact) mass is 194 g/mol. The van der Waals surface area contributed by atoms with E-state index in [4.69, 9.17) is 11.5 Å². The molecule has 52 valence electrons. The predicted molar refractivity (Wildman–Crippen MR) is 39.2 cm³/mol. The Balaban J connectivity index is 4.25. The summed E-state index contributed by atoms with van der Waals surface area (Å²) in [7, 11) is 0. The van der Waals surface area contributed by atoms with E-state index in [9.17, 15) is 4.39 Å². The maximum absolute atomic E-state index is 11.8. The van der Waals surface area contributed by atoms with Crippen LogP contribution in [0.15, 0.2) is 22.2 Å². The molecule has 0 aliphatic rings. The number of rotatable bonds is 1. The van der Waals surface area contributed by atoms with E-state index in [1.165, 1.54) is 0 Å². The van der Waals surface area contributed by atoms with Crippen LogP contribution >= 0.6 is 15.9 Å². The summed E-state index contributed by atoms with van der Waals surface area (Å²) in [5, 5.41) is 0. The highest BCUT2D eigenvalue weighted by Gasteiger charge is 1.90. The Hall–Kier alpha value is -0.510. The molecule has 0 bridgehead atoms. The first-order valence-electron chi connectivity index (χ1n) is 2.28. The van der Waals surface area contributed by atoms with Gasteiger partial charge in [0.2, 0.25) is 0 Å². The molecule has 0 amide bonds. The molecule has 0 atom stereocenters. The van der Waals surface area contributed by atoms with Crippen LogP contribution in [0.2, 0.25) is 0 Å². The van der Waals surface area contributed by atoms with Crippen molar-refractivity contribution in [3.8, 4) is 0 Å². The van der Waals surface area contributed by atoms with Crippen molar-refractivity contribution in [2.45, 2.75) is 6.92 Å². The Bertz CT molecular complexity index is 154. The van der Waals surface area contributed by atoms with Gasteiger partial charge in [-0.2, -0.15) is 4.39 Å². The first-order valence-corrected chi connectivity index (χ1v) is 3.08. The average molecular weight is 195 g/mol. The summed E-state index contributed by atoms with van der Waals surface area (Å²) in [6.45, 7) is 1.64. The van der Waals surface area contributed by atoms with Gasteiger partial charge < -0.3 is 11.5 Å². The van der Waals surface area contributed by atoms with E-state index >= 15 is 0 Å². The first kappa shape index (κ1) is 8.49. The van der Waals surface area contributed by atoms with Gasteiger partial charge >= 0.3 is 0 Å². The molecule has 0 saturated heterocycles.